The van der Waals surface area contributed by atoms with E-state index in [1.807, 2.05) is 0 Å². The quantitative estimate of drug-likeness (QED) is 0.575. The molecule has 0 N–H and O–H groups in total. The third kappa shape index (κ3) is 3.02. The van der Waals surface area contributed by atoms with Crippen molar-refractivity contribution >= 4 is 66.4 Å². The third-order valence-corrected chi connectivity index (χ3v) is 7.20. The lowest BCUT2D eigenvalue weighted by atomic mass is 10.1. The molecule has 0 saturated carbocycles. The lowest BCUT2D eigenvalue weighted by molar-refractivity contribution is 0.1000. The third-order valence-electron chi connectivity index (χ3n) is 2.21. The number of rotatable bonds is 4. The summed E-state index contributed by atoms with van der Waals surface area (Å²) in [6, 6.07) is 4.10. The molecule has 0 heterocycles. The number of alkyl halides is 2. The molecule has 0 fully saturated rings. The zero-order valence-corrected chi connectivity index (χ0v) is 13.8. The molecule has 0 unspecified atom stereocenters. The van der Waals surface area contributed by atoms with Crippen LogP contribution >= 0.6 is 50.7 Å². The number of benzene rings is 1. The molecule has 0 aliphatic carbocycles. The Morgan fingerprint density at radius 1 is 1.39 bits per heavy atom. The van der Waals surface area contributed by atoms with Crippen molar-refractivity contribution in [2.24, 2.45) is 0 Å². The van der Waals surface area contributed by atoms with Gasteiger partial charge in [0, 0.05) is 10.6 Å². The number of ketones is 1. The predicted molar refractivity (Wildman–Crippen MR) is 77.8 cm³/mol. The molecule has 0 radical (unpaired) electrons. The maximum Gasteiger partial charge on any atom is 0.261 e. The Morgan fingerprint density at radius 2 is 1.94 bits per heavy atom. The summed E-state index contributed by atoms with van der Waals surface area (Å²) in [5, 5.41) is 0.382. The number of sulfone groups is 1. The van der Waals surface area contributed by atoms with Gasteiger partial charge in [-0.05, 0) is 34.1 Å². The van der Waals surface area contributed by atoms with Crippen LogP contribution in [0.2, 0.25) is 10.0 Å². The van der Waals surface area contributed by atoms with Gasteiger partial charge in [-0.2, -0.15) is 0 Å². The molecule has 0 aromatic heterocycles. The Hall–Kier alpha value is 0.190. The van der Waals surface area contributed by atoms with Crippen LogP contribution in [0.3, 0.4) is 0 Å². The van der Waals surface area contributed by atoms with Gasteiger partial charge in [-0.1, -0.05) is 41.7 Å². The van der Waals surface area contributed by atoms with E-state index in [1.54, 1.807) is 0 Å². The summed E-state index contributed by atoms with van der Waals surface area (Å²) >= 11 is 20.1. The molecule has 0 spiro atoms. The summed E-state index contributed by atoms with van der Waals surface area (Å²) in [7, 11) is -3.83. The van der Waals surface area contributed by atoms with Crippen LogP contribution in [-0.4, -0.2) is 23.1 Å². The van der Waals surface area contributed by atoms with E-state index >= 15 is 0 Å². The van der Waals surface area contributed by atoms with Crippen molar-refractivity contribution in [1.29, 1.82) is 0 Å². The molecule has 0 saturated heterocycles. The highest BCUT2D eigenvalue weighted by molar-refractivity contribution is 9.12. The fourth-order valence-corrected chi connectivity index (χ4v) is 3.73. The largest absolute Gasteiger partial charge is 0.290 e. The SMILES string of the molecule is CCS(=O)(=O)[C@](Cl)(Br)C(=O)c1ccc(Cl)cc1Cl. The van der Waals surface area contributed by atoms with Gasteiger partial charge in [-0.15, -0.1) is 0 Å². The van der Waals surface area contributed by atoms with Crippen molar-refractivity contribution in [3.8, 4) is 0 Å². The second-order valence-corrected chi connectivity index (χ2v) is 9.60. The summed E-state index contributed by atoms with van der Waals surface area (Å²) < 4.78 is 21.3. The van der Waals surface area contributed by atoms with E-state index in [2.05, 4.69) is 15.9 Å². The van der Waals surface area contributed by atoms with Crippen molar-refractivity contribution in [1.82, 2.24) is 0 Å². The number of carbonyl (C=O) groups is 1. The van der Waals surface area contributed by atoms with Crippen LogP contribution < -0.4 is 0 Å². The molecule has 18 heavy (non-hydrogen) atoms. The molecule has 1 rings (SSSR count). The van der Waals surface area contributed by atoms with Gasteiger partial charge in [0.05, 0.1) is 10.8 Å². The lowest BCUT2D eigenvalue weighted by Gasteiger charge is -2.18. The van der Waals surface area contributed by atoms with E-state index in [0.717, 1.165) is 0 Å². The Bertz CT molecular complexity index is 584. The predicted octanol–water partition coefficient (Wildman–Crippen LogP) is 3.90. The van der Waals surface area contributed by atoms with Gasteiger partial charge >= 0.3 is 0 Å². The van der Waals surface area contributed by atoms with Gasteiger partial charge < -0.3 is 0 Å². The Kier molecular flexibility index (Phi) is 5.12. The number of halogens is 4. The lowest BCUT2D eigenvalue weighted by Crippen LogP contribution is -2.36. The Labute approximate surface area is 128 Å². The van der Waals surface area contributed by atoms with Gasteiger partial charge in [0.1, 0.15) is 0 Å². The molecule has 1 atom stereocenters. The van der Waals surface area contributed by atoms with E-state index in [4.69, 9.17) is 34.8 Å². The van der Waals surface area contributed by atoms with Crippen LogP contribution in [-0.2, 0) is 9.84 Å². The standard InChI is InChI=1S/C10H8BrCl3O3S/c1-2-18(16,17)10(11,14)9(15)7-4-3-6(12)5-8(7)13/h3-5H,2H2,1H3/t10-/m0/s1. The van der Waals surface area contributed by atoms with Crippen LogP contribution in [0.25, 0.3) is 0 Å². The first kappa shape index (κ1) is 16.2. The highest BCUT2D eigenvalue weighted by Crippen LogP contribution is 2.37. The molecular formula is C10H8BrCl3O3S. The number of hydrogen-bond donors (Lipinski definition) is 0. The molecule has 0 bridgehead atoms. The molecule has 8 heteroatoms. The molecule has 0 aliphatic rings. The summed E-state index contributed by atoms with van der Waals surface area (Å²) in [5.74, 6) is -1.12. The van der Waals surface area contributed by atoms with Crippen molar-refractivity contribution in [3.05, 3.63) is 33.8 Å². The second kappa shape index (κ2) is 5.67. The van der Waals surface area contributed by atoms with E-state index in [9.17, 15) is 13.2 Å². The van der Waals surface area contributed by atoms with Crippen LogP contribution in [0, 0.1) is 0 Å². The minimum Gasteiger partial charge on any atom is -0.290 e. The number of hydrogen-bond acceptors (Lipinski definition) is 3. The maximum absolute atomic E-state index is 12.1. The summed E-state index contributed by atoms with van der Waals surface area (Å²) in [6.07, 6.45) is 0. The molecule has 1 aromatic rings. The van der Waals surface area contributed by atoms with Crippen LogP contribution in [0.5, 0.6) is 0 Å². The van der Waals surface area contributed by atoms with E-state index in [-0.39, 0.29) is 16.3 Å². The van der Waals surface area contributed by atoms with Crippen molar-refractivity contribution in [3.63, 3.8) is 0 Å². The number of Topliss-reactive ketones (excluding diaryl/α,β-unsaturated/α-hetero) is 1. The van der Waals surface area contributed by atoms with Gasteiger partial charge in [-0.25, -0.2) is 8.42 Å². The number of carbonyl (C=O) groups excluding carboxylic acids is 1. The monoisotopic (exact) mass is 392 g/mol. The van der Waals surface area contributed by atoms with Gasteiger partial charge in [0.15, 0.2) is 9.84 Å². The summed E-state index contributed by atoms with van der Waals surface area (Å²) in [5.41, 5.74) is -0.00929. The van der Waals surface area contributed by atoms with Crippen LogP contribution in [0.4, 0.5) is 0 Å². The van der Waals surface area contributed by atoms with Crippen molar-refractivity contribution in [2.75, 3.05) is 5.75 Å². The highest BCUT2D eigenvalue weighted by Gasteiger charge is 2.46. The van der Waals surface area contributed by atoms with E-state index in [0.29, 0.717) is 5.02 Å². The van der Waals surface area contributed by atoms with E-state index in [1.165, 1.54) is 25.1 Å². The van der Waals surface area contributed by atoms with Crippen LogP contribution in [0.1, 0.15) is 17.3 Å². The fourth-order valence-electron chi connectivity index (χ4n) is 1.15. The Balaban J connectivity index is 3.31. The second-order valence-electron chi connectivity index (χ2n) is 3.37. The normalized spacial score (nSPS) is 15.2. The minimum atomic E-state index is -3.83. The zero-order chi connectivity index (χ0) is 14.1. The molecule has 0 aliphatic heterocycles. The molecule has 100 valence electrons. The van der Waals surface area contributed by atoms with Gasteiger partial charge in [0.2, 0.25) is 5.78 Å². The molecule has 3 nitrogen and oxygen atoms in total. The van der Waals surface area contributed by atoms with Crippen molar-refractivity contribution < 1.29 is 13.2 Å². The van der Waals surface area contributed by atoms with E-state index < -0.39 is 18.7 Å². The van der Waals surface area contributed by atoms with Crippen molar-refractivity contribution in [2.45, 2.75) is 10.0 Å². The van der Waals surface area contributed by atoms with Gasteiger partial charge in [-0.3, -0.25) is 4.79 Å². The molecule has 0 amide bonds. The minimum absolute atomic E-state index is 0.00929. The topological polar surface area (TPSA) is 51.2 Å². The first-order chi connectivity index (χ1) is 8.13. The van der Waals surface area contributed by atoms with Crippen LogP contribution in [0.15, 0.2) is 18.2 Å². The summed E-state index contributed by atoms with van der Waals surface area (Å²) in [4.78, 5) is 12.1. The molecular weight excluding hydrogens is 386 g/mol. The molecule has 1 aromatic carbocycles. The fraction of sp³-hybridized carbons (Fsp3) is 0.300. The summed E-state index contributed by atoms with van der Waals surface area (Å²) in [6.45, 7) is 1.39. The average Bonchev–Trinajstić information content (AvgIpc) is 2.28. The zero-order valence-electron chi connectivity index (χ0n) is 9.08. The Morgan fingerprint density at radius 3 is 2.39 bits per heavy atom. The maximum atomic E-state index is 12.1. The smallest absolute Gasteiger partial charge is 0.261 e. The first-order valence-electron chi connectivity index (χ1n) is 4.73. The first-order valence-corrected chi connectivity index (χ1v) is 8.31. The average molecular weight is 395 g/mol. The highest BCUT2D eigenvalue weighted by atomic mass is 79.9. The van der Waals surface area contributed by atoms with Gasteiger partial charge in [0.25, 0.3) is 3.12 Å².